The fourth-order valence-electron chi connectivity index (χ4n) is 3.89. The summed E-state index contributed by atoms with van der Waals surface area (Å²) in [4.78, 5) is 14.6. The molecule has 1 aliphatic carbocycles. The van der Waals surface area contributed by atoms with Crippen molar-refractivity contribution in [2.24, 2.45) is 17.1 Å². The fourth-order valence-corrected chi connectivity index (χ4v) is 3.89. The van der Waals surface area contributed by atoms with Crippen LogP contribution < -0.4 is 10.6 Å². The largest absolute Gasteiger partial charge is 0.508 e. The first-order chi connectivity index (χ1) is 9.80. The smallest absolute Gasteiger partial charge is 0.247 e. The average Bonchev–Trinajstić information content (AvgIpc) is 2.94. The number of ether oxygens (including phenoxy) is 1. The van der Waals surface area contributed by atoms with E-state index < -0.39 is 5.54 Å². The first-order valence-electron chi connectivity index (χ1n) is 7.28. The van der Waals surface area contributed by atoms with Gasteiger partial charge in [0.1, 0.15) is 11.3 Å². The number of phenolic OH excluding ortho intramolecular Hbond substituents is 1. The molecule has 3 atom stereocenters. The molecule has 114 valence electrons. The van der Waals surface area contributed by atoms with E-state index in [9.17, 15) is 9.90 Å². The summed E-state index contributed by atoms with van der Waals surface area (Å²) in [7, 11) is 1.72. The van der Waals surface area contributed by atoms with Gasteiger partial charge >= 0.3 is 0 Å². The van der Waals surface area contributed by atoms with Crippen LogP contribution in [-0.2, 0) is 9.53 Å². The molecule has 1 amide bonds. The molecule has 2 aliphatic rings. The van der Waals surface area contributed by atoms with Crippen LogP contribution in [0.5, 0.6) is 5.75 Å². The molecule has 2 fully saturated rings. The first kappa shape index (κ1) is 14.4. The average molecular weight is 290 g/mol. The zero-order chi connectivity index (χ0) is 15.4. The molecule has 1 heterocycles. The molecular weight excluding hydrogens is 268 g/mol. The summed E-state index contributed by atoms with van der Waals surface area (Å²) < 4.78 is 5.73. The second kappa shape index (κ2) is 4.45. The van der Waals surface area contributed by atoms with Crippen molar-refractivity contribution < 1.29 is 14.6 Å². The minimum Gasteiger partial charge on any atom is -0.508 e. The van der Waals surface area contributed by atoms with Crippen molar-refractivity contribution in [1.29, 1.82) is 0 Å². The molecule has 0 spiro atoms. The minimum absolute atomic E-state index is 0.0691. The Kier molecular flexibility index (Phi) is 3.04. The van der Waals surface area contributed by atoms with Gasteiger partial charge in [-0.15, -0.1) is 0 Å². The van der Waals surface area contributed by atoms with Crippen molar-refractivity contribution in [2.45, 2.75) is 31.9 Å². The van der Waals surface area contributed by atoms with Crippen LogP contribution in [0, 0.1) is 11.3 Å². The first-order valence-corrected chi connectivity index (χ1v) is 7.28. The summed E-state index contributed by atoms with van der Waals surface area (Å²) in [6.45, 7) is 4.68. The van der Waals surface area contributed by atoms with Gasteiger partial charge in [0.15, 0.2) is 0 Å². The second-order valence-electron chi connectivity index (χ2n) is 6.66. The number of anilines is 1. The highest BCUT2D eigenvalue weighted by atomic mass is 16.5. The van der Waals surface area contributed by atoms with Gasteiger partial charge in [-0.1, -0.05) is 13.8 Å². The topological polar surface area (TPSA) is 75.8 Å². The Labute approximate surface area is 124 Å². The van der Waals surface area contributed by atoms with Gasteiger partial charge in [0.05, 0.1) is 6.10 Å². The van der Waals surface area contributed by atoms with Gasteiger partial charge in [-0.05, 0) is 30.7 Å². The number of carbonyl (C=O) groups is 1. The number of nitrogens with two attached hydrogens (primary N) is 1. The Morgan fingerprint density at radius 2 is 2.00 bits per heavy atom. The fraction of sp³-hybridized carbons (Fsp3) is 0.562. The number of carbonyl (C=O) groups excluding carboxylic acids is 1. The molecule has 1 aliphatic heterocycles. The van der Waals surface area contributed by atoms with Gasteiger partial charge in [0.25, 0.3) is 0 Å². The molecule has 5 nitrogen and oxygen atoms in total. The SMILES string of the molecule is CN(C(=O)C1(N)C2CCOC2C1(C)C)c1ccc(O)cc1. The summed E-state index contributed by atoms with van der Waals surface area (Å²) in [6.07, 6.45) is 0.902. The van der Waals surface area contributed by atoms with E-state index in [1.165, 1.54) is 0 Å². The Morgan fingerprint density at radius 1 is 1.38 bits per heavy atom. The Balaban J connectivity index is 1.89. The number of aromatic hydroxyl groups is 1. The van der Waals surface area contributed by atoms with Crippen LogP contribution in [0.2, 0.25) is 0 Å². The monoisotopic (exact) mass is 290 g/mol. The van der Waals surface area contributed by atoms with Crippen molar-refractivity contribution in [3.63, 3.8) is 0 Å². The Morgan fingerprint density at radius 3 is 2.62 bits per heavy atom. The predicted molar refractivity (Wildman–Crippen MR) is 80.1 cm³/mol. The van der Waals surface area contributed by atoms with Crippen LogP contribution in [0.4, 0.5) is 5.69 Å². The normalized spacial score (nSPS) is 33.1. The number of fused-ring (bicyclic) bond motifs is 1. The number of benzene rings is 1. The molecule has 3 N–H and O–H groups in total. The Bertz CT molecular complexity index is 569. The highest BCUT2D eigenvalue weighted by Crippen LogP contribution is 2.58. The highest BCUT2D eigenvalue weighted by molar-refractivity contribution is 6.01. The molecule has 1 aromatic rings. The third-order valence-electron chi connectivity index (χ3n) is 5.35. The minimum atomic E-state index is -0.902. The van der Waals surface area contributed by atoms with Crippen molar-refractivity contribution in [3.05, 3.63) is 24.3 Å². The van der Waals surface area contributed by atoms with E-state index in [0.29, 0.717) is 6.61 Å². The zero-order valence-corrected chi connectivity index (χ0v) is 12.7. The van der Waals surface area contributed by atoms with E-state index in [0.717, 1.165) is 12.1 Å². The van der Waals surface area contributed by atoms with E-state index in [-0.39, 0.29) is 29.1 Å². The molecule has 3 rings (SSSR count). The third kappa shape index (κ3) is 1.74. The van der Waals surface area contributed by atoms with Crippen molar-refractivity contribution in [1.82, 2.24) is 0 Å². The summed E-state index contributed by atoms with van der Waals surface area (Å²) >= 11 is 0. The van der Waals surface area contributed by atoms with Crippen molar-refractivity contribution >= 4 is 11.6 Å². The van der Waals surface area contributed by atoms with Gasteiger partial charge in [-0.3, -0.25) is 4.79 Å². The summed E-state index contributed by atoms with van der Waals surface area (Å²) in [6, 6.07) is 6.56. The van der Waals surface area contributed by atoms with E-state index in [1.807, 2.05) is 13.8 Å². The molecule has 21 heavy (non-hydrogen) atoms. The molecule has 1 aromatic carbocycles. The van der Waals surface area contributed by atoms with E-state index in [1.54, 1.807) is 36.2 Å². The lowest BCUT2D eigenvalue weighted by Crippen LogP contribution is -2.80. The maximum atomic E-state index is 13.0. The summed E-state index contributed by atoms with van der Waals surface area (Å²) in [5.74, 6) is 0.166. The standard InChI is InChI=1S/C16H22N2O3/c1-15(2)13-12(8-9-21-13)16(15,17)14(20)18(3)10-4-6-11(19)7-5-10/h4-7,12-13,19H,8-9,17H2,1-3H3. The van der Waals surface area contributed by atoms with E-state index in [2.05, 4.69) is 0 Å². The number of amides is 1. The molecule has 5 heteroatoms. The summed E-state index contributed by atoms with van der Waals surface area (Å²) in [5, 5.41) is 9.36. The molecular formula is C16H22N2O3. The number of hydrogen-bond acceptors (Lipinski definition) is 4. The maximum Gasteiger partial charge on any atom is 0.247 e. The van der Waals surface area contributed by atoms with Gasteiger partial charge in [-0.2, -0.15) is 0 Å². The number of hydrogen-bond donors (Lipinski definition) is 2. The van der Waals surface area contributed by atoms with Crippen LogP contribution in [0.3, 0.4) is 0 Å². The van der Waals surface area contributed by atoms with Gasteiger partial charge in [0, 0.05) is 30.7 Å². The van der Waals surface area contributed by atoms with Crippen molar-refractivity contribution in [2.75, 3.05) is 18.6 Å². The third-order valence-corrected chi connectivity index (χ3v) is 5.35. The van der Waals surface area contributed by atoms with Crippen LogP contribution >= 0.6 is 0 Å². The number of likely N-dealkylation sites (N-methyl/N-ethyl adjacent to an activating group) is 1. The van der Waals surface area contributed by atoms with E-state index in [4.69, 9.17) is 10.5 Å². The highest BCUT2D eigenvalue weighted by Gasteiger charge is 2.71. The van der Waals surface area contributed by atoms with Crippen LogP contribution in [0.25, 0.3) is 0 Å². The van der Waals surface area contributed by atoms with Crippen LogP contribution in [0.15, 0.2) is 24.3 Å². The predicted octanol–water partition coefficient (Wildman–Crippen LogP) is 1.50. The molecule has 1 saturated heterocycles. The molecule has 0 aromatic heterocycles. The van der Waals surface area contributed by atoms with E-state index >= 15 is 0 Å². The number of nitrogens with zero attached hydrogens (tertiary/aromatic N) is 1. The zero-order valence-electron chi connectivity index (χ0n) is 12.7. The van der Waals surface area contributed by atoms with Crippen LogP contribution in [-0.4, -0.2) is 36.3 Å². The second-order valence-corrected chi connectivity index (χ2v) is 6.66. The molecule has 3 unspecified atom stereocenters. The lowest BCUT2D eigenvalue weighted by molar-refractivity contribution is -0.172. The lowest BCUT2D eigenvalue weighted by atomic mass is 9.47. The van der Waals surface area contributed by atoms with Crippen molar-refractivity contribution in [3.8, 4) is 5.75 Å². The molecule has 0 bridgehead atoms. The van der Waals surface area contributed by atoms with Crippen LogP contribution in [0.1, 0.15) is 20.3 Å². The molecule has 1 saturated carbocycles. The number of phenols is 1. The maximum absolute atomic E-state index is 13.0. The van der Waals surface area contributed by atoms with Gasteiger partial charge < -0.3 is 20.5 Å². The Hall–Kier alpha value is -1.59. The number of rotatable bonds is 2. The summed E-state index contributed by atoms with van der Waals surface area (Å²) in [5.41, 5.74) is 6.00. The van der Waals surface area contributed by atoms with Gasteiger partial charge in [0.2, 0.25) is 5.91 Å². The van der Waals surface area contributed by atoms with Gasteiger partial charge in [-0.25, -0.2) is 0 Å². The molecule has 0 radical (unpaired) electrons. The quantitative estimate of drug-likeness (QED) is 0.865. The lowest BCUT2D eigenvalue weighted by Gasteiger charge is -2.61.